The number of alkyl halides is 1. The summed E-state index contributed by atoms with van der Waals surface area (Å²) in [6, 6.07) is 2.70. The third-order valence-electron chi connectivity index (χ3n) is 9.54. The smallest absolute Gasteiger partial charge is 0.103 e. The van der Waals surface area contributed by atoms with Crippen LogP contribution >= 0.6 is 0 Å². The van der Waals surface area contributed by atoms with Crippen molar-refractivity contribution in [1.29, 1.82) is 5.26 Å². The van der Waals surface area contributed by atoms with E-state index in [1.165, 1.54) is 77.0 Å². The highest BCUT2D eigenvalue weighted by molar-refractivity contribution is 4.93. The highest BCUT2D eigenvalue weighted by Crippen LogP contribution is 2.43. The van der Waals surface area contributed by atoms with Crippen LogP contribution < -0.4 is 0 Å². The molecule has 3 aliphatic carbocycles. The van der Waals surface area contributed by atoms with Crippen LogP contribution in [0.1, 0.15) is 129 Å². The summed E-state index contributed by atoms with van der Waals surface area (Å²) in [5.41, 5.74) is 0. The molecule has 2 heteroatoms. The summed E-state index contributed by atoms with van der Waals surface area (Å²) < 4.78 is 15.1. The Kier molecular flexibility index (Phi) is 10.7. The van der Waals surface area contributed by atoms with Crippen LogP contribution in [-0.4, -0.2) is 6.17 Å². The maximum Gasteiger partial charge on any atom is 0.103 e. The van der Waals surface area contributed by atoms with Gasteiger partial charge in [-0.2, -0.15) is 5.26 Å². The van der Waals surface area contributed by atoms with Crippen molar-refractivity contribution in [3.05, 3.63) is 0 Å². The van der Waals surface area contributed by atoms with Gasteiger partial charge in [0.05, 0.1) is 6.07 Å². The number of hydrogen-bond acceptors (Lipinski definition) is 1. The fourth-order valence-corrected chi connectivity index (χ4v) is 7.46. The second kappa shape index (κ2) is 13.2. The minimum atomic E-state index is -0.575. The molecule has 2 unspecified atom stereocenters. The largest absolute Gasteiger partial charge is 0.247 e. The summed E-state index contributed by atoms with van der Waals surface area (Å²) in [5, 5.41) is 9.88. The Morgan fingerprint density at radius 2 is 1.06 bits per heavy atom. The molecule has 0 aromatic carbocycles. The van der Waals surface area contributed by atoms with Crippen LogP contribution in [0.3, 0.4) is 0 Å². The standard InChI is InChI=1S/C29H50FN/c1-3-5-22-7-9-24(10-8-22)19-28(21-31)26-15-13-25(14-16-26)20-29(30)27-17-11-23(6-4-2)12-18-27/h22-29H,3-20H2,1-2H3. The van der Waals surface area contributed by atoms with Crippen LogP contribution in [0.25, 0.3) is 0 Å². The summed E-state index contributed by atoms with van der Waals surface area (Å²) in [4.78, 5) is 0. The Labute approximate surface area is 192 Å². The van der Waals surface area contributed by atoms with E-state index < -0.39 is 6.17 Å². The first-order valence-corrected chi connectivity index (χ1v) is 14.2. The maximum atomic E-state index is 15.1. The lowest BCUT2D eigenvalue weighted by Gasteiger charge is -2.36. The first-order valence-electron chi connectivity index (χ1n) is 14.2. The molecule has 2 atom stereocenters. The van der Waals surface area contributed by atoms with Crippen molar-refractivity contribution in [3.8, 4) is 6.07 Å². The number of hydrogen-bond donors (Lipinski definition) is 0. The SMILES string of the molecule is CCCC1CCC(CC(C#N)C2CCC(CC(F)C3CCC(CCC)CC3)CC2)CC1. The molecule has 0 amide bonds. The normalized spacial score (nSPS) is 36.5. The van der Waals surface area contributed by atoms with Crippen molar-refractivity contribution in [2.45, 2.75) is 136 Å². The maximum absolute atomic E-state index is 15.1. The fourth-order valence-electron chi connectivity index (χ4n) is 7.46. The van der Waals surface area contributed by atoms with Gasteiger partial charge in [0, 0.05) is 5.92 Å². The lowest BCUT2D eigenvalue weighted by Crippen LogP contribution is -2.28. The molecule has 0 spiro atoms. The van der Waals surface area contributed by atoms with Gasteiger partial charge in [0.15, 0.2) is 0 Å². The Morgan fingerprint density at radius 1 is 0.645 bits per heavy atom. The Balaban J connectivity index is 1.35. The molecule has 0 saturated heterocycles. The van der Waals surface area contributed by atoms with Crippen LogP contribution in [0.5, 0.6) is 0 Å². The molecule has 1 nitrogen and oxygen atoms in total. The molecular weight excluding hydrogens is 381 g/mol. The number of halogens is 1. The second-order valence-electron chi connectivity index (χ2n) is 11.7. The van der Waals surface area contributed by atoms with E-state index in [1.54, 1.807) is 0 Å². The van der Waals surface area contributed by atoms with Gasteiger partial charge in [-0.15, -0.1) is 0 Å². The first kappa shape index (κ1) is 25.1. The molecule has 3 saturated carbocycles. The molecule has 3 fully saturated rings. The van der Waals surface area contributed by atoms with E-state index in [0.717, 1.165) is 56.3 Å². The Morgan fingerprint density at radius 3 is 1.58 bits per heavy atom. The van der Waals surface area contributed by atoms with Crippen LogP contribution in [0.15, 0.2) is 0 Å². The van der Waals surface area contributed by atoms with Crippen LogP contribution in [0.4, 0.5) is 4.39 Å². The number of rotatable bonds is 10. The summed E-state index contributed by atoms with van der Waals surface area (Å²) in [6.45, 7) is 4.58. The predicted octanol–water partition coefficient (Wildman–Crippen LogP) is 9.26. The van der Waals surface area contributed by atoms with E-state index >= 15 is 4.39 Å². The van der Waals surface area contributed by atoms with E-state index in [4.69, 9.17) is 0 Å². The molecule has 0 N–H and O–H groups in total. The van der Waals surface area contributed by atoms with Crippen molar-refractivity contribution >= 4 is 0 Å². The molecule has 0 aliphatic heterocycles. The Hall–Kier alpha value is -0.580. The monoisotopic (exact) mass is 431 g/mol. The minimum absolute atomic E-state index is 0.253. The van der Waals surface area contributed by atoms with E-state index in [9.17, 15) is 5.26 Å². The van der Waals surface area contributed by atoms with Crippen LogP contribution in [-0.2, 0) is 0 Å². The van der Waals surface area contributed by atoms with E-state index in [1.807, 2.05) is 0 Å². The average Bonchev–Trinajstić information content (AvgIpc) is 2.80. The number of nitriles is 1. The minimum Gasteiger partial charge on any atom is -0.247 e. The number of nitrogens with zero attached hydrogens (tertiary/aromatic N) is 1. The third-order valence-corrected chi connectivity index (χ3v) is 9.54. The Bertz CT molecular complexity index is 515. The van der Waals surface area contributed by atoms with Crippen molar-refractivity contribution in [3.63, 3.8) is 0 Å². The molecule has 3 rings (SSSR count). The summed E-state index contributed by atoms with van der Waals surface area (Å²) in [7, 11) is 0. The third kappa shape index (κ3) is 7.75. The topological polar surface area (TPSA) is 23.8 Å². The highest BCUT2D eigenvalue weighted by atomic mass is 19.1. The van der Waals surface area contributed by atoms with Crippen LogP contribution in [0, 0.1) is 52.8 Å². The van der Waals surface area contributed by atoms with Gasteiger partial charge in [0.1, 0.15) is 6.17 Å². The molecule has 3 aliphatic rings. The van der Waals surface area contributed by atoms with Gasteiger partial charge in [-0.25, -0.2) is 4.39 Å². The van der Waals surface area contributed by atoms with Gasteiger partial charge in [0.25, 0.3) is 0 Å². The van der Waals surface area contributed by atoms with Crippen molar-refractivity contribution < 1.29 is 4.39 Å². The molecule has 0 heterocycles. The molecule has 31 heavy (non-hydrogen) atoms. The van der Waals surface area contributed by atoms with E-state index in [-0.39, 0.29) is 5.92 Å². The van der Waals surface area contributed by atoms with Gasteiger partial charge in [0.2, 0.25) is 0 Å². The zero-order valence-corrected chi connectivity index (χ0v) is 20.7. The lowest BCUT2D eigenvalue weighted by molar-refractivity contribution is 0.108. The zero-order valence-electron chi connectivity index (χ0n) is 20.7. The quantitative estimate of drug-likeness (QED) is 0.338. The molecule has 0 bridgehead atoms. The fraction of sp³-hybridized carbons (Fsp3) is 0.966. The van der Waals surface area contributed by atoms with Crippen molar-refractivity contribution in [2.24, 2.45) is 41.4 Å². The van der Waals surface area contributed by atoms with Gasteiger partial charge in [-0.1, -0.05) is 90.9 Å². The summed E-state index contributed by atoms with van der Waals surface area (Å²) in [5.74, 6) is 4.35. The summed E-state index contributed by atoms with van der Waals surface area (Å²) in [6.07, 6.45) is 21.6. The lowest BCUT2D eigenvalue weighted by atomic mass is 9.69. The highest BCUT2D eigenvalue weighted by Gasteiger charge is 2.34. The second-order valence-corrected chi connectivity index (χ2v) is 11.7. The summed E-state index contributed by atoms with van der Waals surface area (Å²) >= 11 is 0. The van der Waals surface area contributed by atoms with Crippen molar-refractivity contribution in [1.82, 2.24) is 0 Å². The van der Waals surface area contributed by atoms with Gasteiger partial charge >= 0.3 is 0 Å². The van der Waals surface area contributed by atoms with Crippen molar-refractivity contribution in [2.75, 3.05) is 0 Å². The van der Waals surface area contributed by atoms with E-state index in [2.05, 4.69) is 19.9 Å². The van der Waals surface area contributed by atoms with E-state index in [0.29, 0.717) is 17.8 Å². The molecule has 0 radical (unpaired) electrons. The van der Waals surface area contributed by atoms with Gasteiger partial charge in [-0.3, -0.25) is 0 Å². The zero-order chi connectivity index (χ0) is 22.1. The predicted molar refractivity (Wildman–Crippen MR) is 129 cm³/mol. The average molecular weight is 432 g/mol. The molecule has 0 aromatic rings. The van der Waals surface area contributed by atoms with Gasteiger partial charge < -0.3 is 0 Å². The molecule has 0 aromatic heterocycles. The first-order chi connectivity index (χ1) is 15.1. The van der Waals surface area contributed by atoms with Gasteiger partial charge in [-0.05, 0) is 74.0 Å². The molecular formula is C29H50FN. The molecule has 178 valence electrons. The van der Waals surface area contributed by atoms with Crippen LogP contribution in [0.2, 0.25) is 0 Å².